The quantitative estimate of drug-likeness (QED) is 0.832. The van der Waals surface area contributed by atoms with Crippen molar-refractivity contribution in [3.05, 3.63) is 47.0 Å². The molecule has 0 unspecified atom stereocenters. The maximum atomic E-state index is 13.0. The zero-order valence-corrected chi connectivity index (χ0v) is 11.5. The van der Waals surface area contributed by atoms with E-state index in [1.165, 1.54) is 18.2 Å². The molecule has 0 atom stereocenters. The number of halogens is 2. The Morgan fingerprint density at radius 1 is 1.32 bits per heavy atom. The summed E-state index contributed by atoms with van der Waals surface area (Å²) < 4.78 is 13.0. The summed E-state index contributed by atoms with van der Waals surface area (Å²) in [7, 11) is 0. The maximum Gasteiger partial charge on any atom is 0.229 e. The van der Waals surface area contributed by atoms with Crippen LogP contribution in [0, 0.1) is 12.7 Å². The molecule has 98 valence electrons. The number of rotatable bonds is 2. The molecule has 0 aliphatic rings. The summed E-state index contributed by atoms with van der Waals surface area (Å²) in [6, 6.07) is 6.02. The first-order valence-corrected chi connectivity index (χ1v) is 6.16. The Morgan fingerprint density at radius 2 is 2.11 bits per heavy atom. The molecule has 0 spiro atoms. The van der Waals surface area contributed by atoms with Crippen molar-refractivity contribution >= 4 is 40.6 Å². The molecule has 4 nitrogen and oxygen atoms in total. The van der Waals surface area contributed by atoms with Gasteiger partial charge < -0.3 is 10.6 Å². The number of hydrogen-bond acceptors (Lipinski definition) is 3. The fraction of sp³-hybridized carbons (Fsp3) is 0.0833. The monoisotopic (exact) mass is 296 g/mol. The molecule has 0 amide bonds. The molecule has 1 heterocycles. The molecule has 0 saturated carbocycles. The molecule has 0 radical (unpaired) electrons. The molecule has 0 aliphatic carbocycles. The Morgan fingerprint density at radius 3 is 2.79 bits per heavy atom. The van der Waals surface area contributed by atoms with E-state index in [4.69, 9.17) is 23.8 Å². The van der Waals surface area contributed by atoms with Crippen molar-refractivity contribution in [3.8, 4) is 0 Å². The Hall–Kier alpha value is -1.79. The number of aryl methyl sites for hydroxylation is 1. The third-order valence-electron chi connectivity index (χ3n) is 2.20. The van der Waals surface area contributed by atoms with Gasteiger partial charge in [0.05, 0.1) is 5.02 Å². The second-order valence-electron chi connectivity index (χ2n) is 3.73. The van der Waals surface area contributed by atoms with Crippen LogP contribution in [-0.2, 0) is 0 Å². The molecular weight excluding hydrogens is 287 g/mol. The van der Waals surface area contributed by atoms with Crippen molar-refractivity contribution in [3.63, 3.8) is 0 Å². The van der Waals surface area contributed by atoms with E-state index in [1.807, 2.05) is 6.92 Å². The molecular formula is C12H10ClFN4S. The van der Waals surface area contributed by atoms with Crippen LogP contribution < -0.4 is 10.6 Å². The lowest BCUT2D eigenvalue weighted by Gasteiger charge is -2.09. The van der Waals surface area contributed by atoms with Gasteiger partial charge in [-0.2, -0.15) is 0 Å². The molecule has 2 N–H and O–H groups in total. The van der Waals surface area contributed by atoms with Gasteiger partial charge in [-0.1, -0.05) is 11.6 Å². The van der Waals surface area contributed by atoms with Gasteiger partial charge in [-0.15, -0.1) is 0 Å². The van der Waals surface area contributed by atoms with Crippen LogP contribution in [0.15, 0.2) is 30.5 Å². The van der Waals surface area contributed by atoms with Crippen molar-refractivity contribution in [1.29, 1.82) is 0 Å². The number of hydrogen-bond donors (Lipinski definition) is 2. The molecule has 19 heavy (non-hydrogen) atoms. The standard InChI is InChI=1S/C12H10ClFN4S/c1-7-4-5-15-11(16-7)18-12(19)17-8-2-3-10(14)9(13)6-8/h2-6H,1H3,(H2,15,16,17,18,19). The molecule has 7 heteroatoms. The lowest BCUT2D eigenvalue weighted by atomic mass is 10.3. The SMILES string of the molecule is Cc1ccnc(NC(=S)Nc2ccc(F)c(Cl)c2)n1. The highest BCUT2D eigenvalue weighted by Crippen LogP contribution is 2.19. The highest BCUT2D eigenvalue weighted by molar-refractivity contribution is 7.80. The van der Waals surface area contributed by atoms with Gasteiger partial charge in [0.25, 0.3) is 0 Å². The van der Waals surface area contributed by atoms with E-state index in [0.29, 0.717) is 16.7 Å². The second kappa shape index (κ2) is 5.90. The van der Waals surface area contributed by atoms with Gasteiger partial charge in [0.15, 0.2) is 5.11 Å². The Balaban J connectivity index is 2.03. The van der Waals surface area contributed by atoms with Crippen LogP contribution in [0.5, 0.6) is 0 Å². The zero-order chi connectivity index (χ0) is 13.8. The van der Waals surface area contributed by atoms with Crippen LogP contribution in [-0.4, -0.2) is 15.1 Å². The van der Waals surface area contributed by atoms with Gasteiger partial charge in [-0.25, -0.2) is 14.4 Å². The topological polar surface area (TPSA) is 49.8 Å². The number of aromatic nitrogens is 2. The van der Waals surface area contributed by atoms with E-state index >= 15 is 0 Å². The minimum atomic E-state index is -0.479. The molecule has 0 fully saturated rings. The van der Waals surface area contributed by atoms with E-state index in [2.05, 4.69) is 20.6 Å². The molecule has 2 aromatic rings. The summed E-state index contributed by atoms with van der Waals surface area (Å²) in [5.41, 5.74) is 1.40. The fourth-order valence-corrected chi connectivity index (χ4v) is 1.74. The van der Waals surface area contributed by atoms with Crippen LogP contribution in [0.1, 0.15) is 5.69 Å². The zero-order valence-electron chi connectivity index (χ0n) is 9.95. The van der Waals surface area contributed by atoms with Crippen LogP contribution in [0.4, 0.5) is 16.0 Å². The van der Waals surface area contributed by atoms with Gasteiger partial charge >= 0.3 is 0 Å². The Labute approximate surface area is 120 Å². The summed E-state index contributed by atoms with van der Waals surface area (Å²) >= 11 is 10.8. The number of nitrogens with zero attached hydrogens (tertiary/aromatic N) is 2. The molecule has 0 bridgehead atoms. The number of benzene rings is 1. The van der Waals surface area contributed by atoms with Crippen LogP contribution >= 0.6 is 23.8 Å². The van der Waals surface area contributed by atoms with E-state index < -0.39 is 5.82 Å². The minimum Gasteiger partial charge on any atom is -0.332 e. The number of nitrogens with one attached hydrogen (secondary N) is 2. The molecule has 1 aromatic heterocycles. The molecule has 0 saturated heterocycles. The van der Waals surface area contributed by atoms with Gasteiger partial charge in [-0.05, 0) is 43.4 Å². The van der Waals surface area contributed by atoms with Crippen molar-refractivity contribution in [2.24, 2.45) is 0 Å². The second-order valence-corrected chi connectivity index (χ2v) is 4.55. The lowest BCUT2D eigenvalue weighted by molar-refractivity contribution is 0.628. The van der Waals surface area contributed by atoms with Crippen LogP contribution in [0.3, 0.4) is 0 Å². The summed E-state index contributed by atoms with van der Waals surface area (Å²) in [5.74, 6) is -0.0844. The van der Waals surface area contributed by atoms with Crippen molar-refractivity contribution < 1.29 is 4.39 Å². The first-order valence-electron chi connectivity index (χ1n) is 5.37. The van der Waals surface area contributed by atoms with Gasteiger partial charge in [-0.3, -0.25) is 0 Å². The Bertz CT molecular complexity index is 620. The van der Waals surface area contributed by atoms with Crippen molar-refractivity contribution in [2.75, 3.05) is 10.6 Å². The van der Waals surface area contributed by atoms with Gasteiger partial charge in [0.1, 0.15) is 5.82 Å². The van der Waals surface area contributed by atoms with Crippen LogP contribution in [0.25, 0.3) is 0 Å². The average Bonchev–Trinajstić information content (AvgIpc) is 2.34. The normalized spacial score (nSPS) is 10.1. The number of anilines is 2. The third-order valence-corrected chi connectivity index (χ3v) is 2.69. The van der Waals surface area contributed by atoms with E-state index in [9.17, 15) is 4.39 Å². The minimum absolute atomic E-state index is 0.0274. The fourth-order valence-electron chi connectivity index (χ4n) is 1.35. The van der Waals surface area contributed by atoms with Gasteiger partial charge in [0.2, 0.25) is 5.95 Å². The van der Waals surface area contributed by atoms with Crippen LogP contribution in [0.2, 0.25) is 5.02 Å². The predicted molar refractivity (Wildman–Crippen MR) is 78.0 cm³/mol. The van der Waals surface area contributed by atoms with Gasteiger partial charge in [0, 0.05) is 17.6 Å². The molecule has 2 rings (SSSR count). The largest absolute Gasteiger partial charge is 0.332 e. The highest BCUT2D eigenvalue weighted by Gasteiger charge is 2.04. The first-order chi connectivity index (χ1) is 9.04. The Kier molecular flexibility index (Phi) is 4.24. The maximum absolute atomic E-state index is 13.0. The summed E-state index contributed by atoms with van der Waals surface area (Å²) in [6.07, 6.45) is 1.63. The first kappa shape index (κ1) is 13.6. The van der Waals surface area contributed by atoms with E-state index in [0.717, 1.165) is 5.69 Å². The smallest absolute Gasteiger partial charge is 0.229 e. The summed E-state index contributed by atoms with van der Waals surface area (Å²) in [5, 5.41) is 6.02. The lowest BCUT2D eigenvalue weighted by Crippen LogP contribution is -2.20. The predicted octanol–water partition coefficient (Wildman–Crippen LogP) is 3.39. The molecule has 1 aromatic carbocycles. The van der Waals surface area contributed by atoms with Crippen molar-refractivity contribution in [2.45, 2.75) is 6.92 Å². The average molecular weight is 297 g/mol. The molecule has 0 aliphatic heterocycles. The summed E-state index contributed by atoms with van der Waals surface area (Å²) in [4.78, 5) is 8.17. The third kappa shape index (κ3) is 3.84. The number of thiocarbonyl (C=S) groups is 1. The van der Waals surface area contributed by atoms with E-state index in [-0.39, 0.29) is 5.02 Å². The summed E-state index contributed by atoms with van der Waals surface area (Å²) in [6.45, 7) is 1.85. The van der Waals surface area contributed by atoms with E-state index in [1.54, 1.807) is 12.3 Å². The van der Waals surface area contributed by atoms with Crippen molar-refractivity contribution in [1.82, 2.24) is 9.97 Å². The highest BCUT2D eigenvalue weighted by atomic mass is 35.5.